The summed E-state index contributed by atoms with van der Waals surface area (Å²) in [6, 6.07) is -1.02. The van der Waals surface area contributed by atoms with E-state index in [4.69, 9.17) is 0 Å². The Morgan fingerprint density at radius 3 is 2.10 bits per heavy atom. The first-order valence-electron chi connectivity index (χ1n) is 20.3. The van der Waals surface area contributed by atoms with Gasteiger partial charge in [-0.25, -0.2) is 4.79 Å². The quantitative estimate of drug-likeness (QED) is 0.192. The van der Waals surface area contributed by atoms with Gasteiger partial charge in [0.15, 0.2) is 0 Å². The highest BCUT2D eigenvalue weighted by Crippen LogP contribution is 2.77. The summed E-state index contributed by atoms with van der Waals surface area (Å²) in [5.74, 6) is 0.985. The smallest absolute Gasteiger partial charge is 0.326 e. The van der Waals surface area contributed by atoms with E-state index in [0.717, 1.165) is 44.9 Å². The van der Waals surface area contributed by atoms with Crippen molar-refractivity contribution < 1.29 is 24.6 Å². The van der Waals surface area contributed by atoms with Crippen LogP contribution >= 0.6 is 0 Å². The fourth-order valence-corrected chi connectivity index (χ4v) is 14.4. The molecule has 6 rings (SSSR count). The standard InChI is InChI=1S/C43H70N2O5/c1-24(2)22-29(36(48)49)44-35(47)28-23-32(38(28,5)6)45-37(50)43-19-14-26(25(3)4)34(43)27-12-13-31-40(9)17-16-33(46)39(7,8)30(40)15-18-42(31,11)41(27,10)20-21-43/h24,26-34,46H,3,12-23H2,1-2,4-11H3,(H,44,47)(H,45,50)(H,48,49)/t26-,27+,28?,29-,30-,31+,32+,33-,34+,40-,41+,42+,43-/m0/s1. The Kier molecular flexibility index (Phi) is 9.34. The molecule has 6 aliphatic rings. The van der Waals surface area contributed by atoms with Crippen molar-refractivity contribution in [1.82, 2.24) is 10.6 Å². The second kappa shape index (κ2) is 12.3. The Bertz CT molecular complexity index is 1400. The maximum absolute atomic E-state index is 14.9. The van der Waals surface area contributed by atoms with Gasteiger partial charge in [0.05, 0.1) is 11.5 Å². The second-order valence-corrected chi connectivity index (χ2v) is 20.9. The molecule has 0 aliphatic heterocycles. The molecule has 7 heteroatoms. The molecule has 0 heterocycles. The number of fused-ring (bicyclic) bond motifs is 7. The summed E-state index contributed by atoms with van der Waals surface area (Å²) >= 11 is 0. The lowest BCUT2D eigenvalue weighted by atomic mass is 9.32. The third kappa shape index (κ3) is 5.30. The largest absolute Gasteiger partial charge is 0.480 e. The van der Waals surface area contributed by atoms with Crippen LogP contribution in [0.5, 0.6) is 0 Å². The zero-order valence-corrected chi connectivity index (χ0v) is 33.1. The molecule has 282 valence electrons. The molecule has 0 saturated heterocycles. The molecule has 1 unspecified atom stereocenters. The van der Waals surface area contributed by atoms with Crippen LogP contribution in [-0.4, -0.2) is 46.2 Å². The first-order chi connectivity index (χ1) is 23.1. The second-order valence-electron chi connectivity index (χ2n) is 20.9. The van der Waals surface area contributed by atoms with Crippen molar-refractivity contribution in [2.24, 2.45) is 73.9 Å². The zero-order chi connectivity index (χ0) is 37.0. The predicted molar refractivity (Wildman–Crippen MR) is 198 cm³/mol. The van der Waals surface area contributed by atoms with Crippen LogP contribution in [0.4, 0.5) is 0 Å². The van der Waals surface area contributed by atoms with E-state index in [2.05, 4.69) is 58.8 Å². The van der Waals surface area contributed by atoms with Crippen LogP contribution in [0.25, 0.3) is 0 Å². The molecule has 4 N–H and O–H groups in total. The first-order valence-corrected chi connectivity index (χ1v) is 20.3. The van der Waals surface area contributed by atoms with Gasteiger partial charge in [-0.2, -0.15) is 0 Å². The summed E-state index contributed by atoms with van der Waals surface area (Å²) < 4.78 is 0. The van der Waals surface area contributed by atoms with Crippen LogP contribution in [0.15, 0.2) is 12.2 Å². The van der Waals surface area contributed by atoms with Crippen LogP contribution in [-0.2, 0) is 14.4 Å². The normalized spacial score (nSPS) is 46.2. The highest BCUT2D eigenvalue weighted by Gasteiger charge is 2.72. The Labute approximate surface area is 303 Å². The Morgan fingerprint density at radius 2 is 1.50 bits per heavy atom. The molecule has 13 atom stereocenters. The van der Waals surface area contributed by atoms with Gasteiger partial charge in [0.1, 0.15) is 6.04 Å². The number of carbonyl (C=O) groups excluding carboxylic acids is 2. The summed E-state index contributed by atoms with van der Waals surface area (Å²) in [6.07, 6.45) is 11.3. The van der Waals surface area contributed by atoms with Gasteiger partial charge in [0, 0.05) is 12.0 Å². The van der Waals surface area contributed by atoms with Gasteiger partial charge in [-0.1, -0.05) is 74.5 Å². The number of aliphatic carboxylic acids is 1. The number of allylic oxidation sites excluding steroid dienone is 1. The molecule has 0 aromatic rings. The lowest BCUT2D eigenvalue weighted by Crippen LogP contribution is -2.68. The molecule has 50 heavy (non-hydrogen) atoms. The number of aliphatic hydroxyl groups is 1. The molecule has 0 aromatic carbocycles. The number of carboxylic acids is 1. The van der Waals surface area contributed by atoms with Crippen molar-refractivity contribution >= 4 is 17.8 Å². The number of rotatable bonds is 8. The van der Waals surface area contributed by atoms with Crippen molar-refractivity contribution in [3.8, 4) is 0 Å². The van der Waals surface area contributed by atoms with Crippen molar-refractivity contribution in [2.45, 2.75) is 164 Å². The zero-order valence-electron chi connectivity index (χ0n) is 33.1. The molecule has 0 bridgehead atoms. The summed E-state index contributed by atoms with van der Waals surface area (Å²) in [6.45, 7) is 27.2. The maximum atomic E-state index is 14.9. The molecule has 7 nitrogen and oxygen atoms in total. The van der Waals surface area contributed by atoms with E-state index in [1.165, 1.54) is 24.8 Å². The van der Waals surface area contributed by atoms with Crippen molar-refractivity contribution in [3.63, 3.8) is 0 Å². The van der Waals surface area contributed by atoms with Gasteiger partial charge in [0.2, 0.25) is 11.8 Å². The first kappa shape index (κ1) is 37.9. The summed E-state index contributed by atoms with van der Waals surface area (Å²) in [7, 11) is 0. The molecule has 2 amide bonds. The topological polar surface area (TPSA) is 116 Å². The molecular weight excluding hydrogens is 624 g/mol. The van der Waals surface area contributed by atoms with E-state index in [0.29, 0.717) is 36.5 Å². The number of nitrogens with one attached hydrogen (secondary N) is 2. The number of carbonyl (C=O) groups is 3. The average molecular weight is 695 g/mol. The summed E-state index contributed by atoms with van der Waals surface area (Å²) in [5.41, 5.74) is 0.791. The summed E-state index contributed by atoms with van der Waals surface area (Å²) in [4.78, 5) is 40.1. The minimum absolute atomic E-state index is 0.0660. The van der Waals surface area contributed by atoms with E-state index in [1.807, 2.05) is 27.7 Å². The van der Waals surface area contributed by atoms with Crippen LogP contribution in [0, 0.1) is 73.9 Å². The molecule has 6 saturated carbocycles. The van der Waals surface area contributed by atoms with E-state index in [1.54, 1.807) is 0 Å². The van der Waals surface area contributed by atoms with Gasteiger partial charge < -0.3 is 20.8 Å². The van der Waals surface area contributed by atoms with E-state index < -0.39 is 22.8 Å². The molecule has 6 fully saturated rings. The molecule has 0 radical (unpaired) electrons. The highest BCUT2D eigenvalue weighted by molar-refractivity contribution is 5.88. The Hall–Kier alpha value is -1.89. The van der Waals surface area contributed by atoms with Gasteiger partial charge in [0.25, 0.3) is 0 Å². The van der Waals surface area contributed by atoms with Gasteiger partial charge >= 0.3 is 5.97 Å². The molecule has 0 aromatic heterocycles. The average Bonchev–Trinajstić information content (AvgIpc) is 3.42. The maximum Gasteiger partial charge on any atom is 0.326 e. The molecule has 0 spiro atoms. The van der Waals surface area contributed by atoms with Crippen molar-refractivity contribution in [2.75, 3.05) is 0 Å². The highest BCUT2D eigenvalue weighted by atomic mass is 16.4. The van der Waals surface area contributed by atoms with E-state index >= 15 is 0 Å². The molecule has 6 aliphatic carbocycles. The van der Waals surface area contributed by atoms with Crippen LogP contribution in [0.2, 0.25) is 0 Å². The Morgan fingerprint density at radius 1 is 0.820 bits per heavy atom. The third-order valence-corrected chi connectivity index (χ3v) is 17.7. The van der Waals surface area contributed by atoms with Crippen LogP contribution < -0.4 is 10.6 Å². The Balaban J connectivity index is 1.23. The van der Waals surface area contributed by atoms with Crippen molar-refractivity contribution in [3.05, 3.63) is 12.2 Å². The van der Waals surface area contributed by atoms with E-state index in [9.17, 15) is 24.6 Å². The van der Waals surface area contributed by atoms with E-state index in [-0.39, 0.29) is 63.4 Å². The number of aliphatic hydroxyl groups excluding tert-OH is 1. The monoisotopic (exact) mass is 695 g/mol. The lowest BCUT2D eigenvalue weighted by Gasteiger charge is -2.72. The number of hydrogen-bond donors (Lipinski definition) is 4. The van der Waals surface area contributed by atoms with Gasteiger partial charge in [-0.15, -0.1) is 0 Å². The third-order valence-electron chi connectivity index (χ3n) is 17.7. The van der Waals surface area contributed by atoms with Crippen LogP contribution in [0.1, 0.15) is 146 Å². The van der Waals surface area contributed by atoms with Gasteiger partial charge in [-0.05, 0) is 147 Å². The summed E-state index contributed by atoms with van der Waals surface area (Å²) in [5, 5.41) is 27.2. The van der Waals surface area contributed by atoms with Crippen LogP contribution in [0.3, 0.4) is 0 Å². The number of hydrogen-bond acceptors (Lipinski definition) is 4. The number of carboxylic acid groups (broad SMARTS) is 1. The fraction of sp³-hybridized carbons (Fsp3) is 0.884. The van der Waals surface area contributed by atoms with Gasteiger partial charge in [-0.3, -0.25) is 9.59 Å². The van der Waals surface area contributed by atoms with Crippen molar-refractivity contribution in [1.29, 1.82) is 0 Å². The molecular formula is C43H70N2O5. The lowest BCUT2D eigenvalue weighted by molar-refractivity contribution is -0.246. The minimum Gasteiger partial charge on any atom is -0.480 e. The predicted octanol–water partition coefficient (Wildman–Crippen LogP) is 8.15. The number of amides is 2. The minimum atomic E-state index is -0.997. The SMILES string of the molecule is C=C(C)[C@@H]1CC[C@]2(C(=O)N[C@@H]3CC(C(=O)N[C@@H](CC(C)C)C(=O)O)C3(C)C)CC[C@]3(C)[C@H](CC[C@@H]4[C@@]5(C)CC[C@H](O)C(C)(C)[C@@H]5CC[C@]43C)[C@@H]12. The fourth-order valence-electron chi connectivity index (χ4n) is 14.4.